The Morgan fingerprint density at radius 3 is 2.00 bits per heavy atom. The third-order valence-corrected chi connectivity index (χ3v) is 5.40. The van der Waals surface area contributed by atoms with Gasteiger partial charge in [-0.2, -0.15) is 0 Å². The summed E-state index contributed by atoms with van der Waals surface area (Å²) in [4.78, 5) is 24.2. The first-order chi connectivity index (χ1) is 10.7. The monoisotopic (exact) mass is 320 g/mol. The van der Waals surface area contributed by atoms with E-state index in [-0.39, 0.29) is 5.57 Å². The number of carbonyl (C=O) groups excluding carboxylic acids is 2. The zero-order valence-electron chi connectivity index (χ0n) is 13.8. The van der Waals surface area contributed by atoms with Crippen LogP contribution in [-0.2, 0) is 19.1 Å². The Morgan fingerprint density at radius 2 is 1.52 bits per heavy atom. The van der Waals surface area contributed by atoms with Crippen molar-refractivity contribution in [3.05, 3.63) is 24.3 Å². The van der Waals surface area contributed by atoms with Gasteiger partial charge in [0, 0.05) is 11.1 Å². The highest BCUT2D eigenvalue weighted by molar-refractivity contribution is 5.88. The van der Waals surface area contributed by atoms with Crippen molar-refractivity contribution in [3.8, 4) is 0 Å². The molecule has 4 bridgehead atoms. The van der Waals surface area contributed by atoms with Crippen molar-refractivity contribution in [3.63, 3.8) is 0 Å². The van der Waals surface area contributed by atoms with E-state index in [1.807, 2.05) is 0 Å². The van der Waals surface area contributed by atoms with Gasteiger partial charge in [-0.25, -0.2) is 9.59 Å². The summed E-state index contributed by atoms with van der Waals surface area (Å²) in [5, 5.41) is 11.1. The molecule has 0 heterocycles. The topological polar surface area (TPSA) is 72.8 Å². The Hall–Kier alpha value is -1.62. The lowest BCUT2D eigenvalue weighted by Gasteiger charge is -2.62. The second-order valence-corrected chi connectivity index (χ2v) is 7.69. The van der Waals surface area contributed by atoms with Gasteiger partial charge in [0.1, 0.15) is 5.60 Å². The van der Waals surface area contributed by atoms with E-state index in [1.54, 1.807) is 13.8 Å². The molecule has 3 unspecified atom stereocenters. The van der Waals surface area contributed by atoms with Crippen molar-refractivity contribution in [2.75, 3.05) is 0 Å². The molecule has 0 aromatic carbocycles. The summed E-state index contributed by atoms with van der Waals surface area (Å²) in [6, 6.07) is 0. The molecule has 4 aliphatic rings. The predicted molar refractivity (Wildman–Crippen MR) is 83.3 cm³/mol. The molecule has 4 fully saturated rings. The van der Waals surface area contributed by atoms with Crippen LogP contribution in [0.25, 0.3) is 0 Å². The lowest BCUT2D eigenvalue weighted by atomic mass is 9.50. The van der Waals surface area contributed by atoms with E-state index < -0.39 is 29.2 Å². The van der Waals surface area contributed by atoms with E-state index in [0.29, 0.717) is 43.1 Å². The van der Waals surface area contributed by atoms with Gasteiger partial charge in [0.05, 0.1) is 0 Å². The minimum atomic E-state index is -1.12. The zero-order chi connectivity index (χ0) is 17.0. The Labute approximate surface area is 136 Å². The van der Waals surface area contributed by atoms with Crippen LogP contribution >= 0.6 is 0 Å². The quantitative estimate of drug-likeness (QED) is 0.635. The van der Waals surface area contributed by atoms with E-state index >= 15 is 0 Å². The first kappa shape index (κ1) is 16.2. The number of aliphatic hydroxyl groups is 1. The highest BCUT2D eigenvalue weighted by atomic mass is 16.6. The molecule has 5 nitrogen and oxygen atoms in total. The average molecular weight is 320 g/mol. The first-order valence-electron chi connectivity index (χ1n) is 8.13. The normalized spacial score (nSPS) is 40.6. The van der Waals surface area contributed by atoms with E-state index in [4.69, 9.17) is 9.47 Å². The summed E-state index contributed by atoms with van der Waals surface area (Å²) in [6.07, 6.45) is 2.62. The molecule has 4 rings (SSSR count). The van der Waals surface area contributed by atoms with Gasteiger partial charge in [0.15, 0.2) is 11.7 Å². The first-order valence-corrected chi connectivity index (χ1v) is 8.13. The van der Waals surface area contributed by atoms with Crippen molar-refractivity contribution in [1.29, 1.82) is 0 Å². The molecule has 0 spiro atoms. The Kier molecular flexibility index (Phi) is 3.67. The van der Waals surface area contributed by atoms with Crippen molar-refractivity contribution in [1.82, 2.24) is 0 Å². The maximum absolute atomic E-state index is 12.1. The van der Waals surface area contributed by atoms with Crippen LogP contribution in [0.3, 0.4) is 0 Å². The van der Waals surface area contributed by atoms with Gasteiger partial charge >= 0.3 is 11.9 Å². The molecule has 4 saturated carbocycles. The molecule has 0 aromatic rings. The van der Waals surface area contributed by atoms with E-state index in [1.165, 1.54) is 0 Å². The van der Waals surface area contributed by atoms with Gasteiger partial charge in [-0.05, 0) is 57.8 Å². The van der Waals surface area contributed by atoms with Crippen molar-refractivity contribution < 1.29 is 24.2 Å². The largest absolute Gasteiger partial charge is 0.452 e. The van der Waals surface area contributed by atoms with E-state index in [2.05, 4.69) is 13.2 Å². The maximum Gasteiger partial charge on any atom is 0.333 e. The molecule has 4 aliphatic carbocycles. The molecule has 0 aromatic heterocycles. The molecule has 126 valence electrons. The van der Waals surface area contributed by atoms with Gasteiger partial charge in [0.25, 0.3) is 0 Å². The molecule has 3 atom stereocenters. The van der Waals surface area contributed by atoms with Gasteiger partial charge in [-0.15, -0.1) is 0 Å². The SMILES string of the molecule is C=C(C)C(=O)OC1C2(O)CC3CC(C2)CC1(OC(=O)C(=C)C)C3. The van der Waals surface area contributed by atoms with Gasteiger partial charge in [0.2, 0.25) is 0 Å². The van der Waals surface area contributed by atoms with Crippen LogP contribution < -0.4 is 0 Å². The summed E-state index contributed by atoms with van der Waals surface area (Å²) in [5.74, 6) is -0.455. The van der Waals surface area contributed by atoms with Crippen LogP contribution in [-0.4, -0.2) is 34.4 Å². The van der Waals surface area contributed by atoms with Crippen LogP contribution in [0.15, 0.2) is 24.3 Å². The standard InChI is InChI=1S/C18H24O5/c1-10(2)14(19)22-16-17(21)6-12-5-13(7-17)9-18(16,8-12)23-15(20)11(3)4/h12-13,16,21H,1,3,5-9H2,2,4H3. The smallest absolute Gasteiger partial charge is 0.333 e. The summed E-state index contributed by atoms with van der Waals surface area (Å²) in [6.45, 7) is 10.4. The predicted octanol–water partition coefficient (Wildman–Crippen LogP) is 2.29. The van der Waals surface area contributed by atoms with Gasteiger partial charge in [-0.3, -0.25) is 0 Å². The molecule has 1 N–H and O–H groups in total. The van der Waals surface area contributed by atoms with Crippen LogP contribution in [0.5, 0.6) is 0 Å². The number of esters is 2. The molecule has 23 heavy (non-hydrogen) atoms. The third-order valence-electron chi connectivity index (χ3n) is 5.40. The van der Waals surface area contributed by atoms with Crippen molar-refractivity contribution in [2.24, 2.45) is 11.8 Å². The highest BCUT2D eigenvalue weighted by Gasteiger charge is 2.67. The minimum absolute atomic E-state index is 0.267. The number of carbonyl (C=O) groups is 2. The highest BCUT2D eigenvalue weighted by Crippen LogP contribution is 2.60. The maximum atomic E-state index is 12.1. The van der Waals surface area contributed by atoms with Crippen LogP contribution in [0.2, 0.25) is 0 Å². The summed E-state index contributed by atoms with van der Waals surface area (Å²) in [5.41, 5.74) is -1.49. The number of ether oxygens (including phenoxy) is 2. The minimum Gasteiger partial charge on any atom is -0.452 e. The Morgan fingerprint density at radius 1 is 1.00 bits per heavy atom. The van der Waals surface area contributed by atoms with E-state index in [0.717, 1.165) is 6.42 Å². The zero-order valence-corrected chi connectivity index (χ0v) is 13.8. The van der Waals surface area contributed by atoms with Crippen LogP contribution in [0.1, 0.15) is 46.0 Å². The fraction of sp³-hybridized carbons (Fsp3) is 0.667. The van der Waals surface area contributed by atoms with E-state index in [9.17, 15) is 14.7 Å². The molecule has 0 amide bonds. The Bertz CT molecular complexity index is 576. The summed E-state index contributed by atoms with van der Waals surface area (Å²) < 4.78 is 11.3. The average Bonchev–Trinajstić information content (AvgIpc) is 2.40. The molecule has 0 radical (unpaired) electrons. The molecule has 0 aliphatic heterocycles. The summed E-state index contributed by atoms with van der Waals surface area (Å²) >= 11 is 0. The lowest BCUT2D eigenvalue weighted by Crippen LogP contribution is -2.71. The third kappa shape index (κ3) is 2.61. The molecule has 0 saturated heterocycles. The Balaban J connectivity index is 1.95. The fourth-order valence-corrected chi connectivity index (χ4v) is 4.84. The second-order valence-electron chi connectivity index (χ2n) is 7.69. The molecule has 5 heteroatoms. The molecular formula is C18H24O5. The second kappa shape index (κ2) is 5.20. The van der Waals surface area contributed by atoms with Crippen LogP contribution in [0, 0.1) is 11.8 Å². The fourth-order valence-electron chi connectivity index (χ4n) is 4.84. The number of hydrogen-bond acceptors (Lipinski definition) is 5. The number of rotatable bonds is 4. The lowest BCUT2D eigenvalue weighted by molar-refractivity contribution is -0.281. The molecular weight excluding hydrogens is 296 g/mol. The van der Waals surface area contributed by atoms with Crippen LogP contribution in [0.4, 0.5) is 0 Å². The van der Waals surface area contributed by atoms with Crippen molar-refractivity contribution in [2.45, 2.75) is 63.3 Å². The van der Waals surface area contributed by atoms with Crippen molar-refractivity contribution >= 4 is 11.9 Å². The summed E-state index contributed by atoms with van der Waals surface area (Å²) in [7, 11) is 0. The van der Waals surface area contributed by atoms with Gasteiger partial charge < -0.3 is 14.6 Å². The number of hydrogen-bond donors (Lipinski definition) is 1. The van der Waals surface area contributed by atoms with Gasteiger partial charge in [-0.1, -0.05) is 13.2 Å².